The van der Waals surface area contributed by atoms with E-state index < -0.39 is 11.5 Å². The molecule has 1 fully saturated rings. The van der Waals surface area contributed by atoms with Crippen LogP contribution in [0.5, 0.6) is 0 Å². The number of rotatable bonds is 12. The number of carbonyl (C=O) groups excluding carboxylic acids is 3. The molecule has 2 unspecified atom stereocenters. The Morgan fingerprint density at radius 2 is 1.80 bits per heavy atom. The molecule has 3 rings (SSSR count). The van der Waals surface area contributed by atoms with E-state index in [0.29, 0.717) is 24.5 Å². The molecule has 9 nitrogen and oxygen atoms in total. The summed E-state index contributed by atoms with van der Waals surface area (Å²) in [6.45, 7) is 11.8. The quantitative estimate of drug-likeness (QED) is 0.253. The van der Waals surface area contributed by atoms with E-state index in [1.54, 1.807) is 4.90 Å². The van der Waals surface area contributed by atoms with Gasteiger partial charge in [0.2, 0.25) is 17.7 Å². The minimum atomic E-state index is -0.925. The van der Waals surface area contributed by atoms with E-state index in [1.165, 1.54) is 23.5 Å². The van der Waals surface area contributed by atoms with E-state index in [4.69, 9.17) is 4.74 Å². The van der Waals surface area contributed by atoms with Crippen molar-refractivity contribution in [3.05, 3.63) is 45.4 Å². The first-order valence-corrected chi connectivity index (χ1v) is 15.6. The summed E-state index contributed by atoms with van der Waals surface area (Å²) in [7, 11) is 0. The van der Waals surface area contributed by atoms with Crippen molar-refractivity contribution >= 4 is 47.2 Å². The van der Waals surface area contributed by atoms with Gasteiger partial charge >= 0.3 is 5.97 Å². The number of carbonyl (C=O) groups is 4. The average Bonchev–Trinajstić information content (AvgIpc) is 3.47. The first-order valence-electron chi connectivity index (χ1n) is 13.5. The normalized spacial score (nSPS) is 23.6. The highest BCUT2D eigenvalue weighted by molar-refractivity contribution is 8.17. The maximum Gasteiger partial charge on any atom is 0.313 e. The molecule has 0 aliphatic carbocycles. The number of amides is 3. The summed E-state index contributed by atoms with van der Waals surface area (Å²) in [6.07, 6.45) is 3.54. The lowest BCUT2D eigenvalue weighted by Gasteiger charge is -2.50. The number of aliphatic hydroxyl groups is 1. The number of likely N-dealkylation sites (tertiary alicyclic amines) is 1. The van der Waals surface area contributed by atoms with E-state index >= 15 is 0 Å². The molecule has 0 bridgehead atoms. The van der Waals surface area contributed by atoms with Crippen LogP contribution in [0.3, 0.4) is 0 Å². The summed E-state index contributed by atoms with van der Waals surface area (Å²) in [6, 6.07) is 0. The summed E-state index contributed by atoms with van der Waals surface area (Å²) in [4.78, 5) is 53.5. The monoisotopic (exact) mass is 592 g/mol. The van der Waals surface area contributed by atoms with Crippen molar-refractivity contribution in [2.24, 2.45) is 0 Å². The Labute approximate surface area is 244 Å². The van der Waals surface area contributed by atoms with E-state index in [2.05, 4.69) is 0 Å². The Kier molecular flexibility index (Phi) is 10.8. The van der Waals surface area contributed by atoms with Crippen LogP contribution in [0.4, 0.5) is 0 Å². The molecule has 0 aromatic heterocycles. The fourth-order valence-corrected chi connectivity index (χ4v) is 8.22. The summed E-state index contributed by atoms with van der Waals surface area (Å²) in [5.74, 6) is -0.859. The van der Waals surface area contributed by atoms with Crippen LogP contribution in [0.15, 0.2) is 45.4 Å². The van der Waals surface area contributed by atoms with Gasteiger partial charge in [-0.3, -0.25) is 24.1 Å². The predicted molar refractivity (Wildman–Crippen MR) is 157 cm³/mol. The highest BCUT2D eigenvalue weighted by Crippen LogP contribution is 2.49. The molecule has 0 saturated carbocycles. The molecule has 11 heteroatoms. The van der Waals surface area contributed by atoms with Gasteiger partial charge in [0.25, 0.3) is 0 Å². The molecule has 3 heterocycles. The standard InChI is InChI=1S/C29H40N2O7S2/c1-7-10-29(6)20(5)26(28(39-12-11-32)40-16-25(36)37)19(4)27(18(3)21-13-17(2)38-15-21)31(29)24(35)14-30-22(33)8-9-23(30)34/h13,28,32H,7-12,14-16H2,1-6H3,(H,36,37)/b21-18-. The van der Waals surface area contributed by atoms with E-state index in [9.17, 15) is 29.4 Å². The topological polar surface area (TPSA) is 124 Å². The van der Waals surface area contributed by atoms with Crippen molar-refractivity contribution < 1.29 is 34.1 Å². The maximum atomic E-state index is 14.2. The van der Waals surface area contributed by atoms with Crippen LogP contribution in [0, 0.1) is 0 Å². The Bertz CT molecular complexity index is 1190. The number of aliphatic hydroxyl groups excluding tert-OH is 1. The van der Waals surface area contributed by atoms with Crippen molar-refractivity contribution in [1.82, 2.24) is 9.80 Å². The molecule has 2 N–H and O–H groups in total. The molecule has 1 saturated heterocycles. The highest BCUT2D eigenvalue weighted by Gasteiger charge is 2.47. The second kappa shape index (κ2) is 13.4. The summed E-state index contributed by atoms with van der Waals surface area (Å²) < 4.78 is 5.43. The van der Waals surface area contributed by atoms with Crippen LogP contribution in [-0.2, 0) is 23.9 Å². The smallest absolute Gasteiger partial charge is 0.313 e. The minimum Gasteiger partial charge on any atom is -0.494 e. The molecule has 3 aliphatic rings. The molecular formula is C29H40N2O7S2. The molecule has 220 valence electrons. The van der Waals surface area contributed by atoms with Gasteiger partial charge in [-0.1, -0.05) is 13.3 Å². The molecule has 2 atom stereocenters. The number of nitrogens with zero attached hydrogens (tertiary/aromatic N) is 2. The lowest BCUT2D eigenvalue weighted by Crippen LogP contribution is -2.56. The van der Waals surface area contributed by atoms with E-state index in [-0.39, 0.29) is 54.0 Å². The van der Waals surface area contributed by atoms with Crippen LogP contribution in [0.1, 0.15) is 67.2 Å². The summed E-state index contributed by atoms with van der Waals surface area (Å²) >= 11 is 2.77. The zero-order valence-electron chi connectivity index (χ0n) is 24.2. The van der Waals surface area contributed by atoms with Gasteiger partial charge in [-0.2, -0.15) is 0 Å². The molecule has 0 aromatic carbocycles. The molecule has 40 heavy (non-hydrogen) atoms. The van der Waals surface area contributed by atoms with Gasteiger partial charge < -0.3 is 19.8 Å². The molecule has 0 aromatic rings. The second-order valence-electron chi connectivity index (χ2n) is 10.5. The van der Waals surface area contributed by atoms with Crippen LogP contribution in [-0.4, -0.2) is 85.1 Å². The van der Waals surface area contributed by atoms with Gasteiger partial charge in [-0.15, -0.1) is 23.5 Å². The number of thioether (sulfide) groups is 2. The van der Waals surface area contributed by atoms with Crippen molar-refractivity contribution in [3.8, 4) is 0 Å². The highest BCUT2D eigenvalue weighted by atomic mass is 32.2. The lowest BCUT2D eigenvalue weighted by molar-refractivity contribution is -0.146. The maximum absolute atomic E-state index is 14.2. The largest absolute Gasteiger partial charge is 0.494 e. The Morgan fingerprint density at radius 3 is 2.33 bits per heavy atom. The molecule has 3 aliphatic heterocycles. The number of carboxylic acids is 1. The Hall–Kier alpha value is -2.50. The third kappa shape index (κ3) is 6.52. The third-order valence-electron chi connectivity index (χ3n) is 7.75. The van der Waals surface area contributed by atoms with Crippen molar-refractivity contribution in [2.45, 2.75) is 77.3 Å². The number of hydrogen-bond donors (Lipinski definition) is 2. The van der Waals surface area contributed by atoms with Crippen LogP contribution >= 0.6 is 23.5 Å². The van der Waals surface area contributed by atoms with Crippen molar-refractivity contribution in [2.75, 3.05) is 31.3 Å². The number of carboxylic acid groups (broad SMARTS) is 1. The zero-order chi connectivity index (χ0) is 29.8. The lowest BCUT2D eigenvalue weighted by atomic mass is 9.76. The number of aliphatic carboxylic acids is 1. The van der Waals surface area contributed by atoms with Gasteiger partial charge in [0.05, 0.1) is 33.9 Å². The number of imide groups is 1. The predicted octanol–water partition coefficient (Wildman–Crippen LogP) is 4.25. The van der Waals surface area contributed by atoms with Crippen molar-refractivity contribution in [1.29, 1.82) is 0 Å². The molecule has 0 radical (unpaired) electrons. The fraction of sp³-hybridized carbons (Fsp3) is 0.586. The van der Waals surface area contributed by atoms with E-state index in [1.807, 2.05) is 47.6 Å². The Balaban J connectivity index is 2.26. The van der Waals surface area contributed by atoms with Gasteiger partial charge in [-0.05, 0) is 75.0 Å². The number of hydrogen-bond acceptors (Lipinski definition) is 8. The number of ether oxygens (including phenoxy) is 1. The zero-order valence-corrected chi connectivity index (χ0v) is 25.8. The summed E-state index contributed by atoms with van der Waals surface area (Å²) in [5.41, 5.74) is 4.38. The fourth-order valence-electron chi connectivity index (χ4n) is 5.69. The van der Waals surface area contributed by atoms with Crippen molar-refractivity contribution in [3.63, 3.8) is 0 Å². The summed E-state index contributed by atoms with van der Waals surface area (Å²) in [5, 5.41) is 19.1. The van der Waals surface area contributed by atoms with Gasteiger partial charge in [0.15, 0.2) is 0 Å². The third-order valence-corrected chi connectivity index (χ3v) is 10.5. The minimum absolute atomic E-state index is 0.0457. The SMILES string of the molecule is CCCC1(C)C(C)=C(C(SCCO)SCC(=O)O)C(C)=C(/C(C)=C2/C=C(C)OC2)N1C(=O)CN1C(=O)CCC1=O. The van der Waals surface area contributed by atoms with E-state index in [0.717, 1.165) is 44.9 Å². The van der Waals surface area contributed by atoms with Crippen LogP contribution in [0.2, 0.25) is 0 Å². The molecule has 3 amide bonds. The average molecular weight is 593 g/mol. The first-order chi connectivity index (χ1) is 18.9. The number of allylic oxidation sites excluding steroid dienone is 3. The second-order valence-corrected chi connectivity index (χ2v) is 13.1. The molecular weight excluding hydrogens is 552 g/mol. The van der Waals surface area contributed by atoms with Crippen LogP contribution in [0.25, 0.3) is 0 Å². The van der Waals surface area contributed by atoms with Crippen LogP contribution < -0.4 is 0 Å². The van der Waals surface area contributed by atoms with Gasteiger partial charge in [0.1, 0.15) is 13.2 Å². The Morgan fingerprint density at radius 1 is 1.15 bits per heavy atom. The van der Waals surface area contributed by atoms with Gasteiger partial charge in [-0.25, -0.2) is 0 Å². The van der Waals surface area contributed by atoms with Gasteiger partial charge in [0, 0.05) is 18.6 Å². The molecule has 0 spiro atoms. The first kappa shape index (κ1) is 32.0.